The van der Waals surface area contributed by atoms with Gasteiger partial charge < -0.3 is 4.74 Å². The highest BCUT2D eigenvalue weighted by atomic mass is 19.2. The molecule has 0 aliphatic rings. The van der Waals surface area contributed by atoms with Crippen LogP contribution in [0.1, 0.15) is 35.6 Å². The molecule has 0 aromatic heterocycles. The lowest BCUT2D eigenvalue weighted by Crippen LogP contribution is -2.03. The zero-order valence-corrected chi connectivity index (χ0v) is 16.8. The van der Waals surface area contributed by atoms with Crippen molar-refractivity contribution in [1.82, 2.24) is 0 Å². The summed E-state index contributed by atoms with van der Waals surface area (Å²) >= 11 is 0. The molecule has 164 valence electrons. The average molecular weight is 438 g/mol. The summed E-state index contributed by atoms with van der Waals surface area (Å²) in [4.78, 5) is 0. The molecule has 0 heterocycles. The van der Waals surface area contributed by atoms with Gasteiger partial charge in [-0.25, -0.2) is 22.0 Å². The largest absolute Gasteiger partial charge is 0.486 e. The number of aryl methyl sites for hydroxylation is 3. The van der Waals surface area contributed by atoms with E-state index in [-0.39, 0.29) is 41.9 Å². The summed E-state index contributed by atoms with van der Waals surface area (Å²) in [5.74, 6) is -7.01. The maximum absolute atomic E-state index is 14.4. The van der Waals surface area contributed by atoms with Crippen LogP contribution >= 0.6 is 0 Å². The molecule has 7 heteroatoms. The van der Waals surface area contributed by atoms with E-state index in [1.165, 1.54) is 24.3 Å². The third-order valence-electron chi connectivity index (χ3n) is 4.88. The fourth-order valence-corrected chi connectivity index (χ4v) is 3.22. The van der Waals surface area contributed by atoms with Gasteiger partial charge in [-0.15, -0.1) is 0 Å². The Balaban J connectivity index is 1.64. The number of halogens is 6. The van der Waals surface area contributed by atoms with Crippen LogP contribution in [0.4, 0.5) is 26.3 Å². The maximum atomic E-state index is 14.4. The van der Waals surface area contributed by atoms with E-state index < -0.39 is 34.9 Å². The number of ether oxygens (including phenoxy) is 1. The van der Waals surface area contributed by atoms with E-state index >= 15 is 0 Å². The number of benzene rings is 3. The van der Waals surface area contributed by atoms with Crippen molar-refractivity contribution in [3.05, 3.63) is 99.6 Å². The van der Waals surface area contributed by atoms with Crippen molar-refractivity contribution in [2.75, 3.05) is 0 Å². The maximum Gasteiger partial charge on any atom is 0.200 e. The van der Waals surface area contributed by atoms with Crippen molar-refractivity contribution in [3.63, 3.8) is 0 Å². The quantitative estimate of drug-likeness (QED) is 0.276. The first-order valence-corrected chi connectivity index (χ1v) is 9.80. The molecule has 0 atom stereocenters. The van der Waals surface area contributed by atoms with E-state index in [0.29, 0.717) is 18.4 Å². The van der Waals surface area contributed by atoms with Crippen molar-refractivity contribution >= 4 is 0 Å². The summed E-state index contributed by atoms with van der Waals surface area (Å²) in [6.45, 7) is 1.69. The Labute approximate surface area is 176 Å². The fourth-order valence-electron chi connectivity index (χ4n) is 3.22. The van der Waals surface area contributed by atoms with Gasteiger partial charge in [0.15, 0.2) is 29.0 Å². The molecule has 3 aromatic carbocycles. The van der Waals surface area contributed by atoms with E-state index in [9.17, 15) is 26.3 Å². The third-order valence-corrected chi connectivity index (χ3v) is 4.88. The predicted octanol–water partition coefficient (Wildman–Crippen LogP) is 6.84. The molecule has 0 N–H and O–H groups in total. The summed E-state index contributed by atoms with van der Waals surface area (Å²) in [6, 6.07) is 8.78. The number of hydrogen-bond donors (Lipinski definition) is 0. The van der Waals surface area contributed by atoms with Crippen molar-refractivity contribution in [2.45, 2.75) is 39.2 Å². The minimum absolute atomic E-state index is 0.107. The predicted molar refractivity (Wildman–Crippen MR) is 105 cm³/mol. The molecule has 0 radical (unpaired) electrons. The van der Waals surface area contributed by atoms with Gasteiger partial charge in [0.2, 0.25) is 5.82 Å². The van der Waals surface area contributed by atoms with Crippen molar-refractivity contribution < 1.29 is 31.1 Å². The molecular formula is C24H20F6O. The van der Waals surface area contributed by atoms with Gasteiger partial charge in [0.05, 0.1) is 0 Å². The van der Waals surface area contributed by atoms with Gasteiger partial charge in [-0.3, -0.25) is 0 Å². The topological polar surface area (TPSA) is 9.23 Å². The lowest BCUT2D eigenvalue weighted by Gasteiger charge is -2.11. The number of hydrogen-bond acceptors (Lipinski definition) is 1. The van der Waals surface area contributed by atoms with Crippen LogP contribution in [0.3, 0.4) is 0 Å². The van der Waals surface area contributed by atoms with Crippen LogP contribution in [0.5, 0.6) is 5.75 Å². The van der Waals surface area contributed by atoms with Crippen molar-refractivity contribution in [3.8, 4) is 5.75 Å². The van der Waals surface area contributed by atoms with Gasteiger partial charge in [-0.1, -0.05) is 31.5 Å². The molecule has 3 rings (SSSR count). The molecule has 3 aromatic rings. The summed E-state index contributed by atoms with van der Waals surface area (Å²) in [7, 11) is 0. The Morgan fingerprint density at radius 3 is 1.90 bits per heavy atom. The Morgan fingerprint density at radius 1 is 0.613 bits per heavy atom. The van der Waals surface area contributed by atoms with E-state index in [1.807, 2.05) is 6.92 Å². The second kappa shape index (κ2) is 9.90. The highest BCUT2D eigenvalue weighted by Gasteiger charge is 2.15. The molecular weight excluding hydrogens is 418 g/mol. The highest BCUT2D eigenvalue weighted by molar-refractivity contribution is 5.32. The van der Waals surface area contributed by atoms with E-state index in [0.717, 1.165) is 12.1 Å². The van der Waals surface area contributed by atoms with E-state index in [4.69, 9.17) is 4.74 Å². The molecule has 0 bridgehead atoms. The first kappa shape index (κ1) is 22.7. The Kier molecular flexibility index (Phi) is 7.25. The molecule has 0 aliphatic heterocycles. The molecule has 0 spiro atoms. The van der Waals surface area contributed by atoms with Crippen molar-refractivity contribution in [2.24, 2.45) is 0 Å². The Morgan fingerprint density at radius 2 is 1.26 bits per heavy atom. The zero-order valence-electron chi connectivity index (χ0n) is 16.8. The Hall–Kier alpha value is -2.96. The van der Waals surface area contributed by atoms with Gasteiger partial charge in [0.25, 0.3) is 0 Å². The van der Waals surface area contributed by atoms with E-state index in [2.05, 4.69) is 0 Å². The average Bonchev–Trinajstić information content (AvgIpc) is 2.74. The van der Waals surface area contributed by atoms with Crippen LogP contribution in [0.15, 0.2) is 42.5 Å². The standard InChI is InChI=1S/C24H20F6O/c1-2-3-17-8-9-21(24(30)22(17)28)31-13-15-5-7-16(18(25)12-15)6-4-14-10-19(26)23(29)20(27)11-14/h5,7-12H,2-4,6,13H2,1H3. The molecule has 0 saturated heterocycles. The van der Waals surface area contributed by atoms with Crippen LogP contribution in [0.2, 0.25) is 0 Å². The summed E-state index contributed by atoms with van der Waals surface area (Å²) in [5, 5.41) is 0. The molecule has 0 aliphatic carbocycles. The minimum atomic E-state index is -1.55. The van der Waals surface area contributed by atoms with Crippen LogP contribution in [0.25, 0.3) is 0 Å². The van der Waals surface area contributed by atoms with Crippen molar-refractivity contribution in [1.29, 1.82) is 0 Å². The normalized spacial score (nSPS) is 11.1. The zero-order chi connectivity index (χ0) is 22.5. The first-order chi connectivity index (χ1) is 14.8. The van der Waals surface area contributed by atoms with E-state index in [1.54, 1.807) is 6.07 Å². The van der Waals surface area contributed by atoms with Crippen LogP contribution in [-0.2, 0) is 25.9 Å². The fraction of sp³-hybridized carbons (Fsp3) is 0.250. The van der Waals surface area contributed by atoms with Gasteiger partial charge in [0.1, 0.15) is 12.4 Å². The van der Waals surface area contributed by atoms with Gasteiger partial charge >= 0.3 is 0 Å². The molecule has 0 fully saturated rings. The highest BCUT2D eigenvalue weighted by Crippen LogP contribution is 2.25. The summed E-state index contributed by atoms with van der Waals surface area (Å²) < 4.78 is 87.4. The van der Waals surface area contributed by atoms with Gasteiger partial charge in [0, 0.05) is 0 Å². The second-order valence-corrected chi connectivity index (χ2v) is 7.19. The molecule has 0 saturated carbocycles. The van der Waals surface area contributed by atoms with Gasteiger partial charge in [-0.05, 0) is 65.8 Å². The van der Waals surface area contributed by atoms with Crippen LogP contribution < -0.4 is 4.74 Å². The minimum Gasteiger partial charge on any atom is -0.486 e. The SMILES string of the molecule is CCCc1ccc(OCc2ccc(CCc3cc(F)c(F)c(F)c3)c(F)c2)c(F)c1F. The lowest BCUT2D eigenvalue weighted by atomic mass is 10.0. The summed E-state index contributed by atoms with van der Waals surface area (Å²) in [6.07, 6.45) is 1.33. The van der Waals surface area contributed by atoms with Crippen LogP contribution in [0, 0.1) is 34.9 Å². The monoisotopic (exact) mass is 438 g/mol. The number of rotatable bonds is 8. The second-order valence-electron chi connectivity index (χ2n) is 7.19. The third kappa shape index (κ3) is 5.40. The van der Waals surface area contributed by atoms with Crippen LogP contribution in [-0.4, -0.2) is 0 Å². The molecule has 31 heavy (non-hydrogen) atoms. The first-order valence-electron chi connectivity index (χ1n) is 9.80. The molecule has 0 amide bonds. The van der Waals surface area contributed by atoms with Gasteiger partial charge in [-0.2, -0.15) is 4.39 Å². The Bertz CT molecular complexity index is 1060. The smallest absolute Gasteiger partial charge is 0.200 e. The lowest BCUT2D eigenvalue weighted by molar-refractivity contribution is 0.283. The molecule has 0 unspecified atom stereocenters. The summed E-state index contributed by atoms with van der Waals surface area (Å²) in [5.41, 5.74) is 1.16. The molecule has 1 nitrogen and oxygen atoms in total.